The fourth-order valence-corrected chi connectivity index (χ4v) is 2.42. The Morgan fingerprint density at radius 2 is 2.05 bits per heavy atom. The quantitative estimate of drug-likeness (QED) is 0.890. The van der Waals surface area contributed by atoms with Gasteiger partial charge < -0.3 is 5.32 Å². The molecule has 1 aromatic carbocycles. The molecule has 0 aliphatic carbocycles. The summed E-state index contributed by atoms with van der Waals surface area (Å²) < 4.78 is 0. The molecule has 2 aromatic rings. The second-order valence-corrected chi connectivity index (χ2v) is 5.15. The average molecular weight is 295 g/mol. The lowest BCUT2D eigenvalue weighted by molar-refractivity contribution is 0.537. The molecule has 1 atom stereocenters. The lowest BCUT2D eigenvalue weighted by atomic mass is 10.0. The number of hydrogen-bond acceptors (Lipinski definition) is 2. The zero-order valence-corrected chi connectivity index (χ0v) is 12.2. The zero-order chi connectivity index (χ0) is 13.7. The van der Waals surface area contributed by atoms with Gasteiger partial charge in [-0.15, -0.1) is 0 Å². The molecule has 1 N–H and O–H groups in total. The van der Waals surface area contributed by atoms with Gasteiger partial charge in [-0.1, -0.05) is 36.2 Å². The molecule has 0 radical (unpaired) electrons. The number of halogens is 2. The van der Waals surface area contributed by atoms with Gasteiger partial charge in [-0.05, 0) is 48.9 Å². The molecule has 19 heavy (non-hydrogen) atoms. The molecule has 0 aliphatic rings. The Bertz CT molecular complexity index is 529. The van der Waals surface area contributed by atoms with Crippen molar-refractivity contribution in [2.45, 2.75) is 19.4 Å². The van der Waals surface area contributed by atoms with Gasteiger partial charge in [-0.25, -0.2) is 0 Å². The summed E-state index contributed by atoms with van der Waals surface area (Å²) in [5.74, 6) is 0. The van der Waals surface area contributed by atoms with E-state index in [-0.39, 0.29) is 6.04 Å². The molecule has 2 rings (SSSR count). The van der Waals surface area contributed by atoms with Gasteiger partial charge in [0.25, 0.3) is 0 Å². The Hall–Kier alpha value is -1.09. The van der Waals surface area contributed by atoms with Gasteiger partial charge in [0.15, 0.2) is 0 Å². The first-order valence-corrected chi connectivity index (χ1v) is 7.04. The lowest BCUT2D eigenvalue weighted by Gasteiger charge is -2.18. The fraction of sp³-hybridized carbons (Fsp3) is 0.267. The molecule has 0 saturated carbocycles. The van der Waals surface area contributed by atoms with Crippen LogP contribution in [0.15, 0.2) is 42.6 Å². The fourth-order valence-electron chi connectivity index (χ4n) is 2.03. The van der Waals surface area contributed by atoms with Gasteiger partial charge in [0.1, 0.15) is 0 Å². The van der Waals surface area contributed by atoms with E-state index in [2.05, 4.69) is 17.2 Å². The predicted octanol–water partition coefficient (Wildman–Crippen LogP) is 4.28. The minimum absolute atomic E-state index is 0.141. The van der Waals surface area contributed by atoms with E-state index in [0.29, 0.717) is 5.02 Å². The number of pyridine rings is 1. The molecule has 2 nitrogen and oxygen atoms in total. The van der Waals surface area contributed by atoms with E-state index in [9.17, 15) is 0 Å². The third-order valence-electron chi connectivity index (χ3n) is 2.93. The van der Waals surface area contributed by atoms with Crippen LogP contribution < -0.4 is 5.32 Å². The van der Waals surface area contributed by atoms with E-state index >= 15 is 0 Å². The largest absolute Gasteiger partial charge is 0.309 e. The van der Waals surface area contributed by atoms with Crippen molar-refractivity contribution in [3.8, 4) is 0 Å². The van der Waals surface area contributed by atoms with Crippen LogP contribution in [0.25, 0.3) is 0 Å². The predicted molar refractivity (Wildman–Crippen MR) is 80.8 cm³/mol. The van der Waals surface area contributed by atoms with Crippen LogP contribution in [0, 0.1) is 0 Å². The van der Waals surface area contributed by atoms with Crippen LogP contribution in [0.5, 0.6) is 0 Å². The standard InChI is InChI=1S/C15H16Cl2N2/c1-2-18-15(14-5-3-4-8-19-14)10-11-9-12(16)6-7-13(11)17/h3-9,15,18H,2,10H2,1H3. The molecule has 0 amide bonds. The molecule has 0 bridgehead atoms. The summed E-state index contributed by atoms with van der Waals surface area (Å²) in [6.45, 7) is 2.95. The maximum absolute atomic E-state index is 6.22. The molecule has 1 unspecified atom stereocenters. The third kappa shape index (κ3) is 3.93. The van der Waals surface area contributed by atoms with Crippen molar-refractivity contribution in [2.24, 2.45) is 0 Å². The number of rotatable bonds is 5. The topological polar surface area (TPSA) is 24.9 Å². The van der Waals surface area contributed by atoms with Crippen LogP contribution in [0.3, 0.4) is 0 Å². The Kier molecular flexibility index (Phi) is 5.20. The highest BCUT2D eigenvalue weighted by molar-refractivity contribution is 6.33. The zero-order valence-electron chi connectivity index (χ0n) is 10.7. The molecule has 0 spiro atoms. The Labute approximate surface area is 123 Å². The van der Waals surface area contributed by atoms with Gasteiger partial charge in [0.2, 0.25) is 0 Å². The number of likely N-dealkylation sites (N-methyl/N-ethyl adjacent to an activating group) is 1. The second-order valence-electron chi connectivity index (χ2n) is 4.30. The van der Waals surface area contributed by atoms with E-state index < -0.39 is 0 Å². The molecule has 1 heterocycles. The van der Waals surface area contributed by atoms with E-state index in [1.54, 1.807) is 12.3 Å². The summed E-state index contributed by atoms with van der Waals surface area (Å²) in [4.78, 5) is 4.41. The molecule has 1 aromatic heterocycles. The Morgan fingerprint density at radius 3 is 2.74 bits per heavy atom. The summed E-state index contributed by atoms with van der Waals surface area (Å²) in [5, 5.41) is 4.87. The van der Waals surface area contributed by atoms with Gasteiger partial charge in [-0.3, -0.25) is 4.98 Å². The third-order valence-corrected chi connectivity index (χ3v) is 3.53. The van der Waals surface area contributed by atoms with E-state index in [1.165, 1.54) is 0 Å². The lowest BCUT2D eigenvalue weighted by Crippen LogP contribution is -2.23. The average Bonchev–Trinajstić information content (AvgIpc) is 2.43. The summed E-state index contributed by atoms with van der Waals surface area (Å²) in [7, 11) is 0. The Balaban J connectivity index is 2.24. The highest BCUT2D eigenvalue weighted by Gasteiger charge is 2.14. The second kappa shape index (κ2) is 6.90. The van der Waals surface area contributed by atoms with Crippen LogP contribution in [-0.4, -0.2) is 11.5 Å². The first-order valence-electron chi connectivity index (χ1n) is 6.29. The Morgan fingerprint density at radius 1 is 1.21 bits per heavy atom. The molecule has 0 fully saturated rings. The first-order chi connectivity index (χ1) is 9.20. The van der Waals surface area contributed by atoms with Gasteiger partial charge in [0, 0.05) is 16.2 Å². The van der Waals surface area contributed by atoms with Crippen molar-refractivity contribution in [1.82, 2.24) is 10.3 Å². The summed E-state index contributed by atoms with van der Waals surface area (Å²) in [6, 6.07) is 11.6. The first kappa shape index (κ1) is 14.3. The number of benzene rings is 1. The van der Waals surface area contributed by atoms with Gasteiger partial charge >= 0.3 is 0 Å². The van der Waals surface area contributed by atoms with Crippen LogP contribution in [-0.2, 0) is 6.42 Å². The van der Waals surface area contributed by atoms with Crippen LogP contribution in [0.1, 0.15) is 24.2 Å². The minimum Gasteiger partial charge on any atom is -0.309 e. The summed E-state index contributed by atoms with van der Waals surface area (Å²) in [5.41, 5.74) is 2.05. The molecule has 0 aliphatic heterocycles. The molecule has 4 heteroatoms. The minimum atomic E-state index is 0.141. The van der Waals surface area contributed by atoms with Crippen molar-refractivity contribution < 1.29 is 0 Å². The maximum atomic E-state index is 6.22. The maximum Gasteiger partial charge on any atom is 0.0576 e. The SMILES string of the molecule is CCNC(Cc1cc(Cl)ccc1Cl)c1ccccn1. The van der Waals surface area contributed by atoms with Crippen molar-refractivity contribution >= 4 is 23.2 Å². The summed E-state index contributed by atoms with van der Waals surface area (Å²) in [6.07, 6.45) is 2.57. The van der Waals surface area contributed by atoms with Crippen molar-refractivity contribution in [1.29, 1.82) is 0 Å². The number of nitrogens with one attached hydrogen (secondary N) is 1. The van der Waals surface area contributed by atoms with Gasteiger partial charge in [-0.2, -0.15) is 0 Å². The van der Waals surface area contributed by atoms with E-state index in [4.69, 9.17) is 23.2 Å². The molecular formula is C15H16Cl2N2. The normalized spacial score (nSPS) is 12.4. The number of aromatic nitrogens is 1. The van der Waals surface area contributed by atoms with E-state index in [0.717, 1.165) is 29.2 Å². The highest BCUT2D eigenvalue weighted by atomic mass is 35.5. The van der Waals surface area contributed by atoms with Crippen molar-refractivity contribution in [3.63, 3.8) is 0 Å². The summed E-state index contributed by atoms with van der Waals surface area (Å²) >= 11 is 12.2. The monoisotopic (exact) mass is 294 g/mol. The van der Waals surface area contributed by atoms with Crippen LogP contribution >= 0.6 is 23.2 Å². The van der Waals surface area contributed by atoms with Gasteiger partial charge in [0.05, 0.1) is 11.7 Å². The van der Waals surface area contributed by atoms with Crippen molar-refractivity contribution in [2.75, 3.05) is 6.54 Å². The number of nitrogens with zero attached hydrogens (tertiary/aromatic N) is 1. The van der Waals surface area contributed by atoms with Crippen molar-refractivity contribution in [3.05, 3.63) is 63.9 Å². The molecule has 0 saturated heterocycles. The smallest absolute Gasteiger partial charge is 0.0576 e. The van der Waals surface area contributed by atoms with E-state index in [1.807, 2.05) is 30.3 Å². The van der Waals surface area contributed by atoms with Crippen LogP contribution in [0.4, 0.5) is 0 Å². The van der Waals surface area contributed by atoms with Crippen LogP contribution in [0.2, 0.25) is 10.0 Å². The molecule has 100 valence electrons. The molecular weight excluding hydrogens is 279 g/mol. The number of hydrogen-bond donors (Lipinski definition) is 1. The highest BCUT2D eigenvalue weighted by Crippen LogP contribution is 2.25.